The Balaban J connectivity index is 1.48. The summed E-state index contributed by atoms with van der Waals surface area (Å²) in [6, 6.07) is 13.2. The van der Waals surface area contributed by atoms with Crippen LogP contribution in [0.3, 0.4) is 0 Å². The third kappa shape index (κ3) is 6.97. The van der Waals surface area contributed by atoms with Crippen molar-refractivity contribution in [2.75, 3.05) is 26.2 Å². The van der Waals surface area contributed by atoms with E-state index in [1.165, 1.54) is 19.3 Å². The van der Waals surface area contributed by atoms with Crippen molar-refractivity contribution in [2.45, 2.75) is 39.7 Å². The van der Waals surface area contributed by atoms with Crippen LogP contribution in [0.4, 0.5) is 13.2 Å². The van der Waals surface area contributed by atoms with Crippen LogP contribution in [0.5, 0.6) is 0 Å². The van der Waals surface area contributed by atoms with Gasteiger partial charge in [0, 0.05) is 46.2 Å². The van der Waals surface area contributed by atoms with Crippen LogP contribution in [-0.4, -0.2) is 57.7 Å². The van der Waals surface area contributed by atoms with Crippen LogP contribution in [0, 0.1) is 6.92 Å². The van der Waals surface area contributed by atoms with Crippen molar-refractivity contribution in [2.24, 2.45) is 0 Å². The molecule has 37 heavy (non-hydrogen) atoms. The van der Waals surface area contributed by atoms with E-state index in [1.807, 2.05) is 36.1 Å². The fraction of sp³-hybridized carbons (Fsp3) is 0.370. The van der Waals surface area contributed by atoms with Crippen molar-refractivity contribution >= 4 is 11.8 Å². The molecule has 2 amide bonds. The smallest absolute Gasteiger partial charge is 0.416 e. The van der Waals surface area contributed by atoms with E-state index >= 15 is 0 Å². The van der Waals surface area contributed by atoms with Gasteiger partial charge in [-0.25, -0.2) is 4.98 Å². The minimum absolute atomic E-state index is 0.0229. The molecule has 3 aromatic rings. The van der Waals surface area contributed by atoms with Crippen molar-refractivity contribution in [1.29, 1.82) is 0 Å². The number of carbonyl (C=O) groups excluding carboxylic acids is 2. The van der Waals surface area contributed by atoms with Gasteiger partial charge in [0.1, 0.15) is 6.26 Å². The van der Waals surface area contributed by atoms with Gasteiger partial charge in [-0.1, -0.05) is 48.0 Å². The minimum atomic E-state index is -4.43. The van der Waals surface area contributed by atoms with Crippen molar-refractivity contribution in [3.8, 4) is 0 Å². The highest BCUT2D eigenvalue weighted by Crippen LogP contribution is 2.30. The molecule has 10 heteroatoms. The van der Waals surface area contributed by atoms with Crippen molar-refractivity contribution < 1.29 is 27.2 Å². The van der Waals surface area contributed by atoms with Crippen LogP contribution in [0.25, 0.3) is 0 Å². The van der Waals surface area contributed by atoms with Gasteiger partial charge in [-0.15, -0.1) is 0 Å². The average molecular weight is 515 g/mol. The fourth-order valence-electron chi connectivity index (χ4n) is 4.28. The molecular weight excluding hydrogens is 485 g/mol. The first-order chi connectivity index (χ1) is 17.6. The molecule has 1 saturated heterocycles. The van der Waals surface area contributed by atoms with E-state index in [4.69, 9.17) is 4.42 Å². The molecule has 2 aromatic carbocycles. The van der Waals surface area contributed by atoms with Gasteiger partial charge in [0.25, 0.3) is 5.91 Å². The zero-order valence-corrected chi connectivity index (χ0v) is 20.8. The summed E-state index contributed by atoms with van der Waals surface area (Å²) in [5, 5.41) is 0. The van der Waals surface area contributed by atoms with E-state index in [1.54, 1.807) is 15.9 Å². The summed E-state index contributed by atoms with van der Waals surface area (Å²) >= 11 is 0. The van der Waals surface area contributed by atoms with Crippen LogP contribution >= 0.6 is 0 Å². The van der Waals surface area contributed by atoms with Gasteiger partial charge in [-0.3, -0.25) is 14.5 Å². The lowest BCUT2D eigenvalue weighted by Crippen LogP contribution is -2.50. The van der Waals surface area contributed by atoms with E-state index in [2.05, 4.69) is 4.98 Å². The van der Waals surface area contributed by atoms with E-state index in [9.17, 15) is 22.8 Å². The summed E-state index contributed by atoms with van der Waals surface area (Å²) in [4.78, 5) is 34.1. The van der Waals surface area contributed by atoms with Crippen LogP contribution < -0.4 is 0 Å². The Bertz CT molecular complexity index is 1230. The van der Waals surface area contributed by atoms with E-state index in [-0.39, 0.29) is 30.6 Å². The van der Waals surface area contributed by atoms with Crippen molar-refractivity contribution in [3.63, 3.8) is 0 Å². The molecule has 0 saturated carbocycles. The molecule has 0 N–H and O–H groups in total. The number of nitrogens with zero attached hydrogens (tertiary/aromatic N) is 4. The number of halogens is 3. The Morgan fingerprint density at radius 3 is 2.24 bits per heavy atom. The lowest BCUT2D eigenvalue weighted by molar-refractivity contribution is -0.137. The van der Waals surface area contributed by atoms with Gasteiger partial charge in [0.05, 0.1) is 12.1 Å². The molecule has 0 radical (unpaired) electrons. The SMILES string of the molecule is CC(=O)N1CCN(C(=O)c2coc(CN(Cc3ccc(C)cc3)Cc3cccc(C(F)(F)F)c3)n2)CC1. The highest BCUT2D eigenvalue weighted by Gasteiger charge is 2.30. The Morgan fingerprint density at radius 1 is 0.946 bits per heavy atom. The Hall–Kier alpha value is -3.66. The zero-order valence-electron chi connectivity index (χ0n) is 20.8. The topological polar surface area (TPSA) is 69.9 Å². The summed E-state index contributed by atoms with van der Waals surface area (Å²) in [5.41, 5.74) is 2.07. The molecule has 7 nitrogen and oxygen atoms in total. The van der Waals surface area contributed by atoms with Gasteiger partial charge in [-0.2, -0.15) is 13.2 Å². The van der Waals surface area contributed by atoms with Gasteiger partial charge in [-0.05, 0) is 24.1 Å². The first-order valence-corrected chi connectivity index (χ1v) is 12.0. The first kappa shape index (κ1) is 26.4. The number of carbonyl (C=O) groups is 2. The number of amides is 2. The van der Waals surface area contributed by atoms with Gasteiger partial charge < -0.3 is 14.2 Å². The monoisotopic (exact) mass is 514 g/mol. The highest BCUT2D eigenvalue weighted by molar-refractivity contribution is 5.92. The molecule has 0 aliphatic carbocycles. The molecule has 0 spiro atoms. The summed E-state index contributed by atoms with van der Waals surface area (Å²) in [6.45, 7) is 6.13. The predicted octanol–water partition coefficient (Wildman–Crippen LogP) is 4.51. The summed E-state index contributed by atoms with van der Waals surface area (Å²) < 4.78 is 45.3. The quantitative estimate of drug-likeness (QED) is 0.464. The van der Waals surface area contributed by atoms with Gasteiger partial charge in [0.15, 0.2) is 5.69 Å². The standard InChI is InChI=1S/C27H29F3N4O3/c1-19-6-8-21(9-7-19)15-32(16-22-4-3-5-23(14-22)27(28,29)30)17-25-31-24(18-37-25)26(36)34-12-10-33(11-13-34)20(2)35/h3-9,14,18H,10-13,15-17H2,1-2H3. The number of aryl methyl sites for hydroxylation is 1. The number of oxazole rings is 1. The van der Waals surface area contributed by atoms with Crippen molar-refractivity contribution in [1.82, 2.24) is 19.7 Å². The van der Waals surface area contributed by atoms with Crippen LogP contribution in [0.2, 0.25) is 0 Å². The normalized spacial score (nSPS) is 14.3. The number of aromatic nitrogens is 1. The Labute approximate surface area is 213 Å². The Kier molecular flexibility index (Phi) is 7.97. The number of benzene rings is 2. The molecule has 0 bridgehead atoms. The maximum atomic E-state index is 13.2. The van der Waals surface area contributed by atoms with E-state index in [0.717, 1.165) is 23.3 Å². The van der Waals surface area contributed by atoms with Crippen LogP contribution in [0.1, 0.15) is 45.6 Å². The fourth-order valence-corrected chi connectivity index (χ4v) is 4.28. The minimum Gasteiger partial charge on any atom is -0.447 e. The maximum absolute atomic E-state index is 13.2. The molecule has 0 unspecified atom stereocenters. The van der Waals surface area contributed by atoms with Crippen LogP contribution in [-0.2, 0) is 30.6 Å². The van der Waals surface area contributed by atoms with Gasteiger partial charge >= 0.3 is 6.18 Å². The third-order valence-electron chi connectivity index (χ3n) is 6.33. The highest BCUT2D eigenvalue weighted by atomic mass is 19.4. The number of hydrogen-bond acceptors (Lipinski definition) is 5. The zero-order chi connectivity index (χ0) is 26.6. The first-order valence-electron chi connectivity index (χ1n) is 12.0. The second-order valence-corrected chi connectivity index (χ2v) is 9.25. The lowest BCUT2D eigenvalue weighted by atomic mass is 10.1. The number of alkyl halides is 3. The van der Waals surface area contributed by atoms with E-state index in [0.29, 0.717) is 44.2 Å². The number of piperazine rings is 1. The Morgan fingerprint density at radius 2 is 1.59 bits per heavy atom. The third-order valence-corrected chi connectivity index (χ3v) is 6.33. The number of hydrogen-bond donors (Lipinski definition) is 0. The largest absolute Gasteiger partial charge is 0.447 e. The molecule has 1 fully saturated rings. The second kappa shape index (κ2) is 11.2. The molecule has 0 atom stereocenters. The molecule has 1 aliphatic rings. The van der Waals surface area contributed by atoms with Crippen LogP contribution in [0.15, 0.2) is 59.2 Å². The number of rotatable bonds is 7. The predicted molar refractivity (Wildman–Crippen MR) is 130 cm³/mol. The van der Waals surface area contributed by atoms with Crippen molar-refractivity contribution in [3.05, 3.63) is 88.6 Å². The summed E-state index contributed by atoms with van der Waals surface area (Å²) in [5.74, 6) is -0.00349. The second-order valence-electron chi connectivity index (χ2n) is 9.25. The summed E-state index contributed by atoms with van der Waals surface area (Å²) in [6.07, 6.45) is -3.12. The average Bonchev–Trinajstić information content (AvgIpc) is 3.33. The lowest BCUT2D eigenvalue weighted by Gasteiger charge is -2.33. The molecule has 4 rings (SSSR count). The maximum Gasteiger partial charge on any atom is 0.416 e. The molecule has 196 valence electrons. The molecule has 1 aliphatic heterocycles. The molecule has 1 aromatic heterocycles. The molecule has 2 heterocycles. The van der Waals surface area contributed by atoms with Gasteiger partial charge in [0.2, 0.25) is 11.8 Å². The van der Waals surface area contributed by atoms with E-state index < -0.39 is 11.7 Å². The molecular formula is C27H29F3N4O3. The summed E-state index contributed by atoms with van der Waals surface area (Å²) in [7, 11) is 0.